The second-order valence-electron chi connectivity index (χ2n) is 8.86. The number of halogens is 1. The van der Waals surface area contributed by atoms with Crippen LogP contribution in [0, 0.1) is 11.7 Å². The van der Waals surface area contributed by atoms with E-state index in [1.807, 2.05) is 11.6 Å². The Morgan fingerprint density at radius 3 is 2.70 bits per heavy atom. The predicted octanol–water partition coefficient (Wildman–Crippen LogP) is 3.31. The van der Waals surface area contributed by atoms with E-state index < -0.39 is 17.2 Å². The summed E-state index contributed by atoms with van der Waals surface area (Å²) in [5.74, 6) is -1.38. The van der Waals surface area contributed by atoms with Crippen LogP contribution in [0.5, 0.6) is 0 Å². The van der Waals surface area contributed by atoms with Crippen LogP contribution < -0.4 is 15.6 Å². The third-order valence-corrected chi connectivity index (χ3v) is 7.07. The second kappa shape index (κ2) is 6.94. The maximum Gasteiger partial charge on any atom is 0.341 e. The molecule has 2 fully saturated rings. The van der Waals surface area contributed by atoms with Crippen molar-refractivity contribution in [2.24, 2.45) is 5.92 Å². The van der Waals surface area contributed by atoms with E-state index in [1.165, 1.54) is 23.4 Å². The van der Waals surface area contributed by atoms with Gasteiger partial charge in [0, 0.05) is 42.7 Å². The van der Waals surface area contributed by atoms with E-state index >= 15 is 4.39 Å². The number of fused-ring (bicyclic) bond motifs is 2. The summed E-state index contributed by atoms with van der Waals surface area (Å²) in [6.07, 6.45) is 5.45. The van der Waals surface area contributed by atoms with Crippen LogP contribution in [0.1, 0.15) is 49.0 Å². The zero-order valence-corrected chi connectivity index (χ0v) is 17.2. The summed E-state index contributed by atoms with van der Waals surface area (Å²) in [5, 5.41) is 13.0. The molecule has 0 bridgehead atoms. The van der Waals surface area contributed by atoms with Gasteiger partial charge in [-0.05, 0) is 57.4 Å². The molecule has 3 aliphatic rings. The van der Waals surface area contributed by atoms with Gasteiger partial charge in [0.15, 0.2) is 0 Å². The van der Waals surface area contributed by atoms with Gasteiger partial charge in [0.2, 0.25) is 5.43 Å². The van der Waals surface area contributed by atoms with Gasteiger partial charge < -0.3 is 19.9 Å². The maximum atomic E-state index is 15.2. The van der Waals surface area contributed by atoms with E-state index in [0.717, 1.165) is 32.2 Å². The molecule has 6 nitrogen and oxygen atoms in total. The number of carbonyl (C=O) groups is 1. The van der Waals surface area contributed by atoms with Crippen molar-refractivity contribution in [3.8, 4) is 0 Å². The molecule has 0 spiro atoms. The highest BCUT2D eigenvalue weighted by molar-refractivity contribution is 5.93. The molecule has 2 N–H and O–H groups in total. The van der Waals surface area contributed by atoms with Crippen molar-refractivity contribution in [2.75, 3.05) is 25.0 Å². The number of aromatic nitrogens is 1. The molecular formula is C23H26FN3O3. The predicted molar refractivity (Wildman–Crippen MR) is 114 cm³/mol. The minimum Gasteiger partial charge on any atom is -0.477 e. The molecule has 0 radical (unpaired) electrons. The molecular weight excluding hydrogens is 385 g/mol. The SMILES string of the molecule is CN[C@@H]1CCC(C)=C2CN(c3cc4c(cc3F)c(=O)c(C(=O)O)cn4C3CC3)C[C@H]21. The van der Waals surface area contributed by atoms with Crippen molar-refractivity contribution < 1.29 is 14.3 Å². The number of allylic oxidation sites excluding steroid dienone is 1. The average Bonchev–Trinajstić information content (AvgIpc) is 3.46. The van der Waals surface area contributed by atoms with Crippen molar-refractivity contribution in [3.05, 3.63) is 51.1 Å². The Labute approximate surface area is 174 Å². The van der Waals surface area contributed by atoms with Crippen LogP contribution in [0.3, 0.4) is 0 Å². The zero-order chi connectivity index (χ0) is 21.2. The highest BCUT2D eigenvalue weighted by Gasteiger charge is 2.38. The Kier molecular flexibility index (Phi) is 4.47. The number of rotatable bonds is 4. The number of hydrogen-bond donors (Lipinski definition) is 2. The summed E-state index contributed by atoms with van der Waals surface area (Å²) in [5.41, 5.74) is 2.98. The molecule has 1 saturated carbocycles. The van der Waals surface area contributed by atoms with Gasteiger partial charge in [-0.2, -0.15) is 0 Å². The summed E-state index contributed by atoms with van der Waals surface area (Å²) >= 11 is 0. The van der Waals surface area contributed by atoms with E-state index in [-0.39, 0.29) is 17.0 Å². The average molecular weight is 411 g/mol. The fourth-order valence-electron chi connectivity index (χ4n) is 5.23. The van der Waals surface area contributed by atoms with E-state index in [0.29, 0.717) is 29.7 Å². The van der Waals surface area contributed by atoms with E-state index in [9.17, 15) is 14.7 Å². The monoisotopic (exact) mass is 411 g/mol. The molecule has 158 valence electrons. The number of pyridine rings is 1. The summed E-state index contributed by atoms with van der Waals surface area (Å²) in [6.45, 7) is 3.60. The smallest absolute Gasteiger partial charge is 0.341 e. The number of nitrogens with zero attached hydrogens (tertiary/aromatic N) is 2. The third kappa shape index (κ3) is 2.95. The summed E-state index contributed by atoms with van der Waals surface area (Å²) < 4.78 is 17.1. The zero-order valence-electron chi connectivity index (χ0n) is 17.2. The van der Waals surface area contributed by atoms with Crippen molar-refractivity contribution in [2.45, 2.75) is 44.7 Å². The van der Waals surface area contributed by atoms with E-state index in [1.54, 1.807) is 6.07 Å². The Balaban J connectivity index is 1.63. The van der Waals surface area contributed by atoms with Crippen LogP contribution in [0.2, 0.25) is 0 Å². The van der Waals surface area contributed by atoms with Crippen LogP contribution in [0.25, 0.3) is 10.9 Å². The molecule has 1 aromatic carbocycles. The molecule has 7 heteroatoms. The van der Waals surface area contributed by atoms with Crippen LogP contribution in [-0.2, 0) is 0 Å². The molecule has 2 atom stereocenters. The Bertz CT molecular complexity index is 1150. The molecule has 2 aromatic rings. The fraction of sp³-hybridized carbons (Fsp3) is 0.478. The number of carboxylic acid groups (broad SMARTS) is 1. The van der Waals surface area contributed by atoms with Gasteiger partial charge in [0.05, 0.1) is 11.2 Å². The first-order valence-corrected chi connectivity index (χ1v) is 10.6. The summed E-state index contributed by atoms with van der Waals surface area (Å²) in [6, 6.07) is 3.54. The second-order valence-corrected chi connectivity index (χ2v) is 8.86. The lowest BCUT2D eigenvalue weighted by molar-refractivity contribution is 0.0695. The fourth-order valence-corrected chi connectivity index (χ4v) is 5.23. The summed E-state index contributed by atoms with van der Waals surface area (Å²) in [4.78, 5) is 26.3. The lowest BCUT2D eigenvalue weighted by Crippen LogP contribution is -2.38. The maximum absolute atomic E-state index is 15.2. The van der Waals surface area contributed by atoms with Gasteiger partial charge in [-0.15, -0.1) is 0 Å². The standard InChI is InChI=1S/C23H26FN3O3/c1-12-3-6-19(25-2)16-10-26(9-15(12)16)21-8-20-14(7-18(21)24)22(28)17(23(29)30)11-27(20)13-4-5-13/h7-8,11,13,16,19,25H,3-6,9-10H2,1-2H3,(H,29,30)/t16-,19-/m1/s1. The Hall–Kier alpha value is -2.67. The van der Waals surface area contributed by atoms with E-state index in [4.69, 9.17) is 0 Å². The topological polar surface area (TPSA) is 74.6 Å². The van der Waals surface area contributed by atoms with Gasteiger partial charge in [0.25, 0.3) is 0 Å². The minimum atomic E-state index is -1.27. The molecule has 1 aliphatic heterocycles. The van der Waals surface area contributed by atoms with Gasteiger partial charge in [-0.25, -0.2) is 9.18 Å². The number of carboxylic acids is 1. The molecule has 2 aliphatic carbocycles. The largest absolute Gasteiger partial charge is 0.477 e. The first-order valence-electron chi connectivity index (χ1n) is 10.6. The molecule has 30 heavy (non-hydrogen) atoms. The molecule has 0 unspecified atom stereocenters. The normalized spacial score (nSPS) is 23.9. The van der Waals surface area contributed by atoms with Crippen LogP contribution >= 0.6 is 0 Å². The van der Waals surface area contributed by atoms with Crippen molar-refractivity contribution in [3.63, 3.8) is 0 Å². The van der Waals surface area contributed by atoms with Crippen molar-refractivity contribution in [1.29, 1.82) is 0 Å². The first kappa shape index (κ1) is 19.3. The van der Waals surface area contributed by atoms with Gasteiger partial charge in [-0.1, -0.05) is 5.57 Å². The third-order valence-electron chi connectivity index (χ3n) is 7.07. The summed E-state index contributed by atoms with van der Waals surface area (Å²) in [7, 11) is 1.98. The van der Waals surface area contributed by atoms with Crippen molar-refractivity contribution in [1.82, 2.24) is 9.88 Å². The van der Waals surface area contributed by atoms with Crippen molar-refractivity contribution >= 4 is 22.6 Å². The van der Waals surface area contributed by atoms with Gasteiger partial charge in [0.1, 0.15) is 11.4 Å². The molecule has 1 saturated heterocycles. The Morgan fingerprint density at radius 1 is 1.27 bits per heavy atom. The Morgan fingerprint density at radius 2 is 2.03 bits per heavy atom. The lowest BCUT2D eigenvalue weighted by Gasteiger charge is -2.29. The minimum absolute atomic E-state index is 0.142. The van der Waals surface area contributed by atoms with Crippen LogP contribution in [0.4, 0.5) is 10.1 Å². The number of anilines is 1. The number of nitrogens with one attached hydrogen (secondary N) is 1. The molecule has 5 rings (SSSR count). The van der Waals surface area contributed by atoms with Gasteiger partial charge >= 0.3 is 5.97 Å². The van der Waals surface area contributed by atoms with Crippen LogP contribution in [0.15, 0.2) is 34.3 Å². The number of hydrogen-bond acceptors (Lipinski definition) is 4. The highest BCUT2D eigenvalue weighted by Crippen LogP contribution is 2.41. The molecule has 1 aromatic heterocycles. The number of benzene rings is 1. The van der Waals surface area contributed by atoms with E-state index in [2.05, 4.69) is 17.1 Å². The molecule has 0 amide bonds. The van der Waals surface area contributed by atoms with Crippen LogP contribution in [-0.4, -0.2) is 41.8 Å². The quantitative estimate of drug-likeness (QED) is 0.755. The van der Waals surface area contributed by atoms with Gasteiger partial charge in [-0.3, -0.25) is 4.79 Å². The highest BCUT2D eigenvalue weighted by atomic mass is 19.1. The molecule has 2 heterocycles. The first-order chi connectivity index (χ1) is 14.4. The lowest BCUT2D eigenvalue weighted by atomic mass is 9.81. The number of aromatic carboxylic acids is 1.